The lowest BCUT2D eigenvalue weighted by atomic mass is 10.3. The van der Waals surface area contributed by atoms with E-state index in [1.165, 1.54) is 4.57 Å². The van der Waals surface area contributed by atoms with Crippen LogP contribution in [0.3, 0.4) is 0 Å². The number of fused-ring (bicyclic) bond motifs is 1. The van der Waals surface area contributed by atoms with Crippen molar-refractivity contribution in [1.29, 1.82) is 0 Å². The first-order chi connectivity index (χ1) is 8.58. The fourth-order valence-electron chi connectivity index (χ4n) is 2.15. The van der Waals surface area contributed by atoms with E-state index in [1.807, 2.05) is 24.7 Å². The topological polar surface area (TPSA) is 70.8 Å². The van der Waals surface area contributed by atoms with Crippen molar-refractivity contribution >= 4 is 29.0 Å². The third kappa shape index (κ3) is 1.90. The molecule has 7 heteroatoms. The van der Waals surface area contributed by atoms with E-state index in [0.717, 1.165) is 5.52 Å². The van der Waals surface area contributed by atoms with Crippen LogP contribution in [0, 0.1) is 0 Å². The minimum Gasteiger partial charge on any atom is -0.397 e. The van der Waals surface area contributed by atoms with Gasteiger partial charge in [-0.1, -0.05) is 0 Å². The largest absolute Gasteiger partial charge is 0.397 e. The minimum atomic E-state index is -0.149. The van der Waals surface area contributed by atoms with Gasteiger partial charge in [0, 0.05) is 38.8 Å². The molecule has 0 aliphatic heterocycles. The summed E-state index contributed by atoms with van der Waals surface area (Å²) in [4.78, 5) is 12.4. The number of rotatable bonds is 1. The summed E-state index contributed by atoms with van der Waals surface area (Å²) in [5.74, 6) is 0.590. The first kappa shape index (κ1) is 13.2. The normalized spacial score (nSPS) is 10.6. The first-order valence-corrected chi connectivity index (χ1v) is 5.54. The van der Waals surface area contributed by atoms with Crippen LogP contribution in [-0.4, -0.2) is 18.9 Å². The Kier molecular flexibility index (Phi) is 3.11. The molecule has 3 heterocycles. The Balaban J connectivity index is 0.00000133. The molecule has 0 aliphatic rings. The maximum absolute atomic E-state index is 12.4. The van der Waals surface area contributed by atoms with E-state index in [1.54, 1.807) is 29.3 Å². The van der Waals surface area contributed by atoms with E-state index in [4.69, 9.17) is 5.73 Å². The molecule has 0 atom stereocenters. The number of halogens is 1. The number of pyridine rings is 1. The molecule has 0 fully saturated rings. The Labute approximate surface area is 115 Å². The highest BCUT2D eigenvalue weighted by molar-refractivity contribution is 5.91. The SMILES string of the molecule is Cl.Cn1ccc(-n2ccc3c(c(N)cn3C)c2=O)n1. The van der Waals surface area contributed by atoms with Gasteiger partial charge >= 0.3 is 0 Å². The quantitative estimate of drug-likeness (QED) is 0.724. The average molecular weight is 280 g/mol. The van der Waals surface area contributed by atoms with Gasteiger partial charge in [0.05, 0.1) is 16.6 Å². The zero-order valence-electron chi connectivity index (χ0n) is 10.6. The van der Waals surface area contributed by atoms with Gasteiger partial charge in [-0.15, -0.1) is 12.4 Å². The van der Waals surface area contributed by atoms with Gasteiger partial charge in [-0.25, -0.2) is 0 Å². The second kappa shape index (κ2) is 4.47. The van der Waals surface area contributed by atoms with Gasteiger partial charge in [0.2, 0.25) is 0 Å². The standard InChI is InChI=1S/C12H13N5O.ClH/c1-15-7-8(13)11-9(15)3-6-17(12(11)18)10-4-5-16(2)14-10;/h3-7H,13H2,1-2H3;1H. The second-order valence-corrected chi connectivity index (χ2v) is 4.29. The zero-order chi connectivity index (χ0) is 12.9. The third-order valence-electron chi connectivity index (χ3n) is 3.02. The Morgan fingerprint density at radius 2 is 1.95 bits per heavy atom. The molecule has 0 bridgehead atoms. The first-order valence-electron chi connectivity index (χ1n) is 5.54. The van der Waals surface area contributed by atoms with Crippen molar-refractivity contribution in [2.24, 2.45) is 14.1 Å². The van der Waals surface area contributed by atoms with Crippen molar-refractivity contribution in [3.63, 3.8) is 0 Å². The van der Waals surface area contributed by atoms with Gasteiger partial charge in [0.25, 0.3) is 5.56 Å². The van der Waals surface area contributed by atoms with Gasteiger partial charge in [-0.3, -0.25) is 14.0 Å². The molecule has 0 saturated carbocycles. The van der Waals surface area contributed by atoms with Crippen LogP contribution in [0.5, 0.6) is 0 Å². The van der Waals surface area contributed by atoms with E-state index in [9.17, 15) is 4.79 Å². The highest BCUT2D eigenvalue weighted by Gasteiger charge is 2.11. The van der Waals surface area contributed by atoms with Crippen molar-refractivity contribution in [1.82, 2.24) is 18.9 Å². The molecule has 19 heavy (non-hydrogen) atoms. The molecule has 3 aromatic rings. The molecular formula is C12H14ClN5O. The summed E-state index contributed by atoms with van der Waals surface area (Å²) < 4.78 is 4.99. The number of aromatic nitrogens is 4. The Hall–Kier alpha value is -2.21. The number of hydrogen-bond donors (Lipinski definition) is 1. The van der Waals surface area contributed by atoms with Gasteiger partial charge in [0.15, 0.2) is 5.82 Å². The van der Waals surface area contributed by atoms with E-state index in [2.05, 4.69) is 5.10 Å². The molecule has 100 valence electrons. The van der Waals surface area contributed by atoms with Crippen molar-refractivity contribution in [2.45, 2.75) is 0 Å². The van der Waals surface area contributed by atoms with Crippen molar-refractivity contribution in [3.8, 4) is 5.82 Å². The molecule has 0 spiro atoms. The highest BCUT2D eigenvalue weighted by Crippen LogP contribution is 2.19. The number of hydrogen-bond acceptors (Lipinski definition) is 3. The molecule has 2 N–H and O–H groups in total. The Morgan fingerprint density at radius 1 is 1.21 bits per heavy atom. The number of nitrogen functional groups attached to an aromatic ring is 1. The van der Waals surface area contributed by atoms with Crippen LogP contribution >= 0.6 is 12.4 Å². The van der Waals surface area contributed by atoms with E-state index in [0.29, 0.717) is 16.9 Å². The second-order valence-electron chi connectivity index (χ2n) is 4.29. The minimum absolute atomic E-state index is 0. The van der Waals surface area contributed by atoms with E-state index in [-0.39, 0.29) is 18.0 Å². The highest BCUT2D eigenvalue weighted by atomic mass is 35.5. The summed E-state index contributed by atoms with van der Waals surface area (Å²) in [6.45, 7) is 0. The number of nitrogens with zero attached hydrogens (tertiary/aromatic N) is 4. The summed E-state index contributed by atoms with van der Waals surface area (Å²) in [6.07, 6.45) is 5.25. The zero-order valence-corrected chi connectivity index (χ0v) is 11.4. The van der Waals surface area contributed by atoms with Gasteiger partial charge in [-0.05, 0) is 6.07 Å². The lowest BCUT2D eigenvalue weighted by molar-refractivity contribution is 0.747. The van der Waals surface area contributed by atoms with Crippen LogP contribution in [0.1, 0.15) is 0 Å². The van der Waals surface area contributed by atoms with Crippen LogP contribution in [0.2, 0.25) is 0 Å². The smallest absolute Gasteiger partial charge is 0.267 e. The fraction of sp³-hybridized carbons (Fsp3) is 0.167. The molecule has 3 aromatic heterocycles. The van der Waals surface area contributed by atoms with Gasteiger partial charge in [0.1, 0.15) is 0 Å². The number of anilines is 1. The van der Waals surface area contributed by atoms with Gasteiger partial charge in [-0.2, -0.15) is 5.10 Å². The van der Waals surface area contributed by atoms with Crippen LogP contribution in [0.15, 0.2) is 35.5 Å². The summed E-state index contributed by atoms with van der Waals surface area (Å²) in [5.41, 5.74) is 7.03. The molecule has 0 saturated heterocycles. The number of aryl methyl sites for hydroxylation is 2. The maximum atomic E-state index is 12.4. The summed E-state index contributed by atoms with van der Waals surface area (Å²) in [5, 5.41) is 4.75. The van der Waals surface area contributed by atoms with Crippen molar-refractivity contribution < 1.29 is 0 Å². The maximum Gasteiger partial charge on any atom is 0.267 e. The van der Waals surface area contributed by atoms with E-state index >= 15 is 0 Å². The molecule has 0 radical (unpaired) electrons. The fourth-order valence-corrected chi connectivity index (χ4v) is 2.15. The molecule has 0 amide bonds. The van der Waals surface area contributed by atoms with Crippen molar-refractivity contribution in [3.05, 3.63) is 41.1 Å². The molecule has 0 aliphatic carbocycles. The predicted molar refractivity (Wildman–Crippen MR) is 76.9 cm³/mol. The summed E-state index contributed by atoms with van der Waals surface area (Å²) >= 11 is 0. The van der Waals surface area contributed by atoms with Crippen LogP contribution in [-0.2, 0) is 14.1 Å². The molecular weight excluding hydrogens is 266 g/mol. The summed E-state index contributed by atoms with van der Waals surface area (Å²) in [7, 11) is 3.67. The summed E-state index contributed by atoms with van der Waals surface area (Å²) in [6, 6.07) is 3.65. The third-order valence-corrected chi connectivity index (χ3v) is 3.02. The monoisotopic (exact) mass is 279 g/mol. The van der Waals surface area contributed by atoms with Crippen LogP contribution in [0.4, 0.5) is 5.69 Å². The van der Waals surface area contributed by atoms with Gasteiger partial charge < -0.3 is 10.3 Å². The van der Waals surface area contributed by atoms with Crippen LogP contribution < -0.4 is 11.3 Å². The van der Waals surface area contributed by atoms with Crippen LogP contribution in [0.25, 0.3) is 16.7 Å². The Morgan fingerprint density at radius 3 is 2.58 bits per heavy atom. The Bertz CT molecular complexity index is 798. The number of nitrogens with two attached hydrogens (primary N) is 1. The van der Waals surface area contributed by atoms with E-state index < -0.39 is 0 Å². The lowest BCUT2D eigenvalue weighted by Gasteiger charge is -2.02. The predicted octanol–water partition coefficient (Wildman–Crippen LogP) is 1.07. The molecule has 0 aromatic carbocycles. The van der Waals surface area contributed by atoms with Crippen molar-refractivity contribution in [2.75, 3.05) is 5.73 Å². The molecule has 3 rings (SSSR count). The molecule has 6 nitrogen and oxygen atoms in total. The lowest BCUT2D eigenvalue weighted by Crippen LogP contribution is -2.18. The molecule has 0 unspecified atom stereocenters. The average Bonchev–Trinajstić information content (AvgIpc) is 2.85.